The van der Waals surface area contributed by atoms with Gasteiger partial charge < -0.3 is 15.2 Å². The van der Waals surface area contributed by atoms with Crippen molar-refractivity contribution in [1.82, 2.24) is 20.2 Å². The minimum atomic E-state index is -0.0354. The number of carbonyl (C=O) groups excluding carboxylic acids is 1. The number of H-pyrrole nitrogens is 1. The third-order valence-corrected chi connectivity index (χ3v) is 8.06. The second kappa shape index (κ2) is 10.7. The van der Waals surface area contributed by atoms with Crippen molar-refractivity contribution in [3.8, 4) is 0 Å². The molecule has 0 saturated carbocycles. The Balaban J connectivity index is 1.26. The number of aromatic amines is 1. The van der Waals surface area contributed by atoms with Gasteiger partial charge in [0.25, 0.3) is 5.56 Å². The molecule has 170 valence electrons. The molecule has 1 aliphatic carbocycles. The van der Waals surface area contributed by atoms with Gasteiger partial charge in [0.2, 0.25) is 5.91 Å². The monoisotopic (exact) mass is 444 g/mol. The Hall–Kier alpha value is -1.73. The number of nitrogens with one attached hydrogen (secondary N) is 2. The highest BCUT2D eigenvalue weighted by Gasteiger charge is 2.20. The van der Waals surface area contributed by atoms with Crippen molar-refractivity contribution < 1.29 is 4.79 Å². The molecule has 4 rings (SSSR count). The summed E-state index contributed by atoms with van der Waals surface area (Å²) in [6.45, 7) is 5.24. The third-order valence-electron chi connectivity index (χ3n) is 6.88. The molecule has 1 saturated heterocycles. The van der Waals surface area contributed by atoms with Gasteiger partial charge in [-0.1, -0.05) is 19.8 Å². The normalized spacial score (nSPS) is 19.8. The fourth-order valence-corrected chi connectivity index (χ4v) is 6.43. The van der Waals surface area contributed by atoms with Crippen molar-refractivity contribution in [3.63, 3.8) is 0 Å². The van der Waals surface area contributed by atoms with Crippen molar-refractivity contribution in [2.45, 2.75) is 90.0 Å². The summed E-state index contributed by atoms with van der Waals surface area (Å²) in [5, 5.41) is 3.83. The lowest BCUT2D eigenvalue weighted by Crippen LogP contribution is -2.40. The van der Waals surface area contributed by atoms with Crippen LogP contribution in [0.5, 0.6) is 0 Å². The summed E-state index contributed by atoms with van der Waals surface area (Å²) in [4.78, 5) is 37.4. The first-order valence-electron chi connectivity index (χ1n) is 12.2. The quantitative estimate of drug-likeness (QED) is 0.477. The fourth-order valence-electron chi connectivity index (χ4n) is 5.15. The lowest BCUT2D eigenvalue weighted by molar-refractivity contribution is -0.121. The van der Waals surface area contributed by atoms with Gasteiger partial charge in [-0.05, 0) is 63.5 Å². The molecule has 1 fully saturated rings. The molecule has 31 heavy (non-hydrogen) atoms. The van der Waals surface area contributed by atoms with Crippen LogP contribution in [0, 0.1) is 0 Å². The highest BCUT2D eigenvalue weighted by Crippen LogP contribution is 2.32. The Kier molecular flexibility index (Phi) is 7.77. The van der Waals surface area contributed by atoms with E-state index in [9.17, 15) is 9.59 Å². The van der Waals surface area contributed by atoms with Crippen LogP contribution in [0.2, 0.25) is 0 Å². The minimum absolute atomic E-state index is 0.0354. The average molecular weight is 445 g/mol. The van der Waals surface area contributed by atoms with E-state index < -0.39 is 0 Å². The molecule has 0 bridgehead atoms. The highest BCUT2D eigenvalue weighted by molar-refractivity contribution is 7.18. The smallest absolute Gasteiger partial charge is 0.259 e. The Bertz CT molecular complexity index is 951. The first-order chi connectivity index (χ1) is 15.2. The van der Waals surface area contributed by atoms with Crippen LogP contribution in [0.15, 0.2) is 4.79 Å². The molecular formula is C24H36N4O2S. The van der Waals surface area contributed by atoms with Crippen molar-refractivity contribution in [3.05, 3.63) is 26.6 Å². The zero-order valence-electron chi connectivity index (χ0n) is 18.8. The number of hydrogen-bond acceptors (Lipinski definition) is 5. The first-order valence-corrected chi connectivity index (χ1v) is 13.0. The third kappa shape index (κ3) is 5.55. The molecule has 1 unspecified atom stereocenters. The summed E-state index contributed by atoms with van der Waals surface area (Å²) < 4.78 is 0. The fraction of sp³-hybridized carbons (Fsp3) is 0.708. The van der Waals surface area contributed by atoms with Gasteiger partial charge in [-0.25, -0.2) is 4.98 Å². The van der Waals surface area contributed by atoms with E-state index in [1.54, 1.807) is 11.3 Å². The van der Waals surface area contributed by atoms with Crippen LogP contribution in [-0.4, -0.2) is 46.5 Å². The largest absolute Gasteiger partial charge is 0.356 e. The van der Waals surface area contributed by atoms with E-state index in [0.29, 0.717) is 25.2 Å². The van der Waals surface area contributed by atoms with Crippen LogP contribution in [-0.2, 0) is 24.1 Å². The lowest BCUT2D eigenvalue weighted by atomic mass is 10.00. The SMILES string of the molecule is CCC1CCCCN1CCCNC(=O)CCc1nc2sc3c(c2c(=O)[nH]1)CCCCC3. The van der Waals surface area contributed by atoms with Crippen LogP contribution < -0.4 is 10.9 Å². The predicted octanol–water partition coefficient (Wildman–Crippen LogP) is 3.96. The van der Waals surface area contributed by atoms with E-state index in [1.165, 1.54) is 55.5 Å². The Morgan fingerprint density at radius 3 is 2.97 bits per heavy atom. The van der Waals surface area contributed by atoms with Gasteiger partial charge in [0.15, 0.2) is 0 Å². The summed E-state index contributed by atoms with van der Waals surface area (Å²) in [6.07, 6.45) is 12.6. The molecule has 6 nitrogen and oxygen atoms in total. The predicted molar refractivity (Wildman–Crippen MR) is 127 cm³/mol. The summed E-state index contributed by atoms with van der Waals surface area (Å²) >= 11 is 1.67. The molecule has 2 aromatic heterocycles. The van der Waals surface area contributed by atoms with Gasteiger partial charge >= 0.3 is 0 Å². The van der Waals surface area contributed by atoms with Crippen LogP contribution in [0.1, 0.15) is 81.0 Å². The van der Waals surface area contributed by atoms with E-state index in [0.717, 1.165) is 48.5 Å². The Labute approximate surface area is 188 Å². The average Bonchev–Trinajstić information content (AvgIpc) is 2.97. The molecule has 0 spiro atoms. The number of carbonyl (C=O) groups is 1. The van der Waals surface area contributed by atoms with Gasteiger partial charge in [-0.3, -0.25) is 9.59 Å². The van der Waals surface area contributed by atoms with E-state index in [1.807, 2.05) is 0 Å². The zero-order chi connectivity index (χ0) is 21.6. The van der Waals surface area contributed by atoms with Crippen LogP contribution in [0.4, 0.5) is 0 Å². The summed E-state index contributed by atoms with van der Waals surface area (Å²) in [7, 11) is 0. The van der Waals surface area contributed by atoms with Crippen molar-refractivity contribution in [2.75, 3.05) is 19.6 Å². The number of piperidine rings is 1. The molecule has 7 heteroatoms. The van der Waals surface area contributed by atoms with Gasteiger partial charge in [0.05, 0.1) is 5.39 Å². The van der Waals surface area contributed by atoms with Gasteiger partial charge in [-0.2, -0.15) is 0 Å². The molecule has 2 aliphatic rings. The number of aryl methyl sites for hydroxylation is 3. The number of aromatic nitrogens is 2. The summed E-state index contributed by atoms with van der Waals surface area (Å²) in [5.41, 5.74) is 1.18. The standard InChI is InChI=1S/C24H36N4O2S/c1-2-17-9-6-7-15-28(17)16-8-14-25-21(29)13-12-20-26-23(30)22-18-10-4-3-5-11-19(18)31-24(22)27-20/h17H,2-16H2,1H3,(H,25,29)(H,26,27,30). The van der Waals surface area contributed by atoms with Crippen LogP contribution >= 0.6 is 11.3 Å². The first kappa shape index (κ1) is 22.5. The number of thiophene rings is 1. The van der Waals surface area contributed by atoms with E-state index in [4.69, 9.17) is 4.98 Å². The topological polar surface area (TPSA) is 78.1 Å². The highest BCUT2D eigenvalue weighted by atomic mass is 32.1. The summed E-state index contributed by atoms with van der Waals surface area (Å²) in [5.74, 6) is 0.665. The number of fused-ring (bicyclic) bond motifs is 3. The lowest BCUT2D eigenvalue weighted by Gasteiger charge is -2.35. The van der Waals surface area contributed by atoms with Crippen LogP contribution in [0.3, 0.4) is 0 Å². The van der Waals surface area contributed by atoms with Crippen molar-refractivity contribution in [1.29, 1.82) is 0 Å². The molecule has 3 heterocycles. The molecule has 2 N–H and O–H groups in total. The number of hydrogen-bond donors (Lipinski definition) is 2. The molecule has 1 atom stereocenters. The zero-order valence-corrected chi connectivity index (χ0v) is 19.6. The molecule has 0 aromatic carbocycles. The molecular weight excluding hydrogens is 408 g/mol. The molecule has 1 aliphatic heterocycles. The van der Waals surface area contributed by atoms with E-state index >= 15 is 0 Å². The van der Waals surface area contributed by atoms with Crippen molar-refractivity contribution >= 4 is 27.5 Å². The summed E-state index contributed by atoms with van der Waals surface area (Å²) in [6, 6.07) is 0.717. The van der Waals surface area contributed by atoms with Crippen molar-refractivity contribution in [2.24, 2.45) is 0 Å². The van der Waals surface area contributed by atoms with Gasteiger partial charge in [-0.15, -0.1) is 11.3 Å². The number of nitrogens with zero attached hydrogens (tertiary/aromatic N) is 2. The molecule has 1 amide bonds. The maximum absolute atomic E-state index is 12.7. The number of likely N-dealkylation sites (tertiary alicyclic amines) is 1. The van der Waals surface area contributed by atoms with Crippen LogP contribution in [0.25, 0.3) is 10.2 Å². The second-order valence-corrected chi connectivity index (χ2v) is 10.1. The van der Waals surface area contributed by atoms with Gasteiger partial charge in [0, 0.05) is 36.9 Å². The van der Waals surface area contributed by atoms with Gasteiger partial charge in [0.1, 0.15) is 10.7 Å². The number of amides is 1. The minimum Gasteiger partial charge on any atom is -0.356 e. The van der Waals surface area contributed by atoms with E-state index in [2.05, 4.69) is 22.1 Å². The second-order valence-electron chi connectivity index (χ2n) is 9.05. The Morgan fingerprint density at radius 1 is 1.23 bits per heavy atom. The Morgan fingerprint density at radius 2 is 2.10 bits per heavy atom. The molecule has 0 radical (unpaired) electrons. The number of rotatable bonds is 8. The maximum Gasteiger partial charge on any atom is 0.259 e. The maximum atomic E-state index is 12.7. The molecule has 2 aromatic rings. The van der Waals surface area contributed by atoms with E-state index in [-0.39, 0.29) is 11.5 Å².